The van der Waals surface area contributed by atoms with Gasteiger partial charge in [0.15, 0.2) is 34.8 Å². The summed E-state index contributed by atoms with van der Waals surface area (Å²) in [6.45, 7) is 5.86. The van der Waals surface area contributed by atoms with Crippen molar-refractivity contribution in [2.24, 2.45) is 11.1 Å². The molecule has 0 aliphatic heterocycles. The van der Waals surface area contributed by atoms with Crippen LogP contribution in [0.1, 0.15) is 55.1 Å². The van der Waals surface area contributed by atoms with Gasteiger partial charge in [-0.3, -0.25) is 9.78 Å². The van der Waals surface area contributed by atoms with Crippen molar-refractivity contribution in [1.29, 1.82) is 0 Å². The highest BCUT2D eigenvalue weighted by Gasteiger charge is 2.33. The number of hydrogen-bond donors (Lipinski definition) is 1. The summed E-state index contributed by atoms with van der Waals surface area (Å²) in [5.41, 5.74) is 5.91. The average molecular weight is 536 g/mol. The molecule has 0 spiro atoms. The molecule has 1 atom stereocenters. The second-order valence-corrected chi connectivity index (χ2v) is 9.99. The third-order valence-corrected chi connectivity index (χ3v) is 5.84. The van der Waals surface area contributed by atoms with E-state index in [9.17, 15) is 9.59 Å². The zero-order valence-electron chi connectivity index (χ0n) is 20.6. The minimum Gasteiger partial charge on any atom is -0.493 e. The second kappa shape index (κ2) is 11.2. The van der Waals surface area contributed by atoms with E-state index in [1.165, 1.54) is 26.6 Å². The van der Waals surface area contributed by atoms with Gasteiger partial charge in [-0.05, 0) is 30.0 Å². The SMILES string of the molecule is COc1ccc(-c2nc(C(=O)Cc3c(Cl)cncc3Cl)c([C@H](CC(C)(C)C)OC(N)=O)o2)cc1OC. The molecule has 11 heteroatoms. The number of carbonyl (C=O) groups excluding carboxylic acids is 2. The Balaban J connectivity index is 2.14. The van der Waals surface area contributed by atoms with E-state index in [2.05, 4.69) is 9.97 Å². The summed E-state index contributed by atoms with van der Waals surface area (Å²) in [7, 11) is 3.02. The lowest BCUT2D eigenvalue weighted by molar-refractivity contribution is 0.0638. The lowest BCUT2D eigenvalue weighted by atomic mass is 9.87. The lowest BCUT2D eigenvalue weighted by Crippen LogP contribution is -2.23. The number of ether oxygens (including phenoxy) is 3. The molecule has 192 valence electrons. The number of hydrogen-bond acceptors (Lipinski definition) is 8. The van der Waals surface area contributed by atoms with Gasteiger partial charge in [-0.1, -0.05) is 44.0 Å². The maximum absolute atomic E-state index is 13.5. The van der Waals surface area contributed by atoms with Crippen LogP contribution in [0.2, 0.25) is 10.0 Å². The number of nitrogens with two attached hydrogens (primary N) is 1. The number of Topliss-reactive ketones (excluding diaryl/α,β-unsaturated/α-hetero) is 1. The molecular weight excluding hydrogens is 509 g/mol. The molecule has 0 bridgehead atoms. The molecule has 3 rings (SSSR count). The summed E-state index contributed by atoms with van der Waals surface area (Å²) in [6.07, 6.45) is 0.955. The number of nitrogens with zero attached hydrogens (tertiary/aromatic N) is 2. The van der Waals surface area contributed by atoms with Crippen molar-refractivity contribution in [2.75, 3.05) is 14.2 Å². The lowest BCUT2D eigenvalue weighted by Gasteiger charge is -2.24. The van der Waals surface area contributed by atoms with E-state index in [-0.39, 0.29) is 39.2 Å². The van der Waals surface area contributed by atoms with Crippen molar-refractivity contribution < 1.29 is 28.2 Å². The molecule has 0 aliphatic rings. The number of rotatable bonds is 9. The maximum atomic E-state index is 13.5. The van der Waals surface area contributed by atoms with Crippen molar-refractivity contribution in [3.63, 3.8) is 0 Å². The Labute approximate surface area is 218 Å². The van der Waals surface area contributed by atoms with Crippen molar-refractivity contribution >= 4 is 35.1 Å². The number of halogens is 2. The highest BCUT2D eigenvalue weighted by Crippen LogP contribution is 2.38. The van der Waals surface area contributed by atoms with Crippen LogP contribution in [-0.4, -0.2) is 36.1 Å². The molecule has 2 N–H and O–H groups in total. The van der Waals surface area contributed by atoms with Gasteiger partial charge in [-0.15, -0.1) is 0 Å². The number of aromatic nitrogens is 2. The molecule has 1 amide bonds. The number of oxazole rings is 1. The van der Waals surface area contributed by atoms with E-state index in [0.717, 1.165) is 0 Å². The Kier molecular flexibility index (Phi) is 8.47. The van der Waals surface area contributed by atoms with E-state index >= 15 is 0 Å². The number of pyridine rings is 1. The Hall–Kier alpha value is -3.30. The summed E-state index contributed by atoms with van der Waals surface area (Å²) < 4.78 is 22.1. The molecule has 0 unspecified atom stereocenters. The van der Waals surface area contributed by atoms with Crippen LogP contribution in [-0.2, 0) is 11.2 Å². The van der Waals surface area contributed by atoms with Crippen molar-refractivity contribution in [3.8, 4) is 23.0 Å². The molecule has 1 aromatic carbocycles. The van der Waals surface area contributed by atoms with Gasteiger partial charge in [0, 0.05) is 29.9 Å². The summed E-state index contributed by atoms with van der Waals surface area (Å²) in [5.74, 6) is 0.696. The summed E-state index contributed by atoms with van der Waals surface area (Å²) in [5, 5.41) is 0.473. The topological polar surface area (TPSA) is 127 Å². The standard InChI is InChI=1S/C25H27Cl2N3O6/c1-25(2,3)10-20(35-24(28)32)22-21(17(31)9-14-15(26)11-29-12-16(14)27)30-23(36-22)13-6-7-18(33-4)19(8-13)34-5/h6-8,11-12,20H,9-10H2,1-5H3,(H2,28,32)/t20-/m0/s1. The number of methoxy groups -OCH3 is 2. The highest BCUT2D eigenvalue weighted by atomic mass is 35.5. The Morgan fingerprint density at radius 2 is 1.72 bits per heavy atom. The fraction of sp³-hybridized carbons (Fsp3) is 0.360. The second-order valence-electron chi connectivity index (χ2n) is 9.17. The van der Waals surface area contributed by atoms with Crippen LogP contribution in [0.15, 0.2) is 35.0 Å². The fourth-order valence-corrected chi connectivity index (χ4v) is 4.08. The van der Waals surface area contributed by atoms with Gasteiger partial charge in [0.05, 0.1) is 24.3 Å². The molecule has 2 aromatic heterocycles. The van der Waals surface area contributed by atoms with Gasteiger partial charge in [0.1, 0.15) is 0 Å². The molecule has 0 aliphatic carbocycles. The highest BCUT2D eigenvalue weighted by molar-refractivity contribution is 6.36. The van der Waals surface area contributed by atoms with E-state index in [1.54, 1.807) is 18.2 Å². The maximum Gasteiger partial charge on any atom is 0.405 e. The molecule has 0 fully saturated rings. The van der Waals surface area contributed by atoms with E-state index < -0.39 is 18.0 Å². The Morgan fingerprint density at radius 3 is 2.28 bits per heavy atom. The zero-order valence-corrected chi connectivity index (χ0v) is 22.1. The summed E-state index contributed by atoms with van der Waals surface area (Å²) in [4.78, 5) is 33.6. The molecule has 0 saturated carbocycles. The zero-order chi connectivity index (χ0) is 26.6. The molecule has 0 radical (unpaired) electrons. The van der Waals surface area contributed by atoms with Gasteiger partial charge in [-0.2, -0.15) is 0 Å². The van der Waals surface area contributed by atoms with Crippen molar-refractivity contribution in [3.05, 3.63) is 57.7 Å². The van der Waals surface area contributed by atoms with Crippen LogP contribution in [0, 0.1) is 5.41 Å². The Morgan fingerprint density at radius 1 is 1.08 bits per heavy atom. The molecule has 36 heavy (non-hydrogen) atoms. The van der Waals surface area contributed by atoms with E-state index in [1.807, 2.05) is 20.8 Å². The van der Waals surface area contributed by atoms with E-state index in [0.29, 0.717) is 29.0 Å². The first-order valence-corrected chi connectivity index (χ1v) is 11.7. The van der Waals surface area contributed by atoms with E-state index in [4.69, 9.17) is 47.6 Å². The minimum atomic E-state index is -1.01. The van der Waals surface area contributed by atoms with Crippen LogP contribution in [0.4, 0.5) is 4.79 Å². The van der Waals surface area contributed by atoms with Crippen molar-refractivity contribution in [2.45, 2.75) is 39.7 Å². The first kappa shape index (κ1) is 27.3. The quantitative estimate of drug-likeness (QED) is 0.327. The predicted molar refractivity (Wildman–Crippen MR) is 135 cm³/mol. The molecule has 0 saturated heterocycles. The predicted octanol–water partition coefficient (Wildman–Crippen LogP) is 6.06. The molecule has 3 aromatic rings. The number of amides is 1. The fourth-order valence-electron chi connectivity index (χ4n) is 3.58. The van der Waals surface area contributed by atoms with Gasteiger partial charge in [0.2, 0.25) is 5.89 Å². The van der Waals surface area contributed by atoms with Gasteiger partial charge < -0.3 is 24.4 Å². The number of primary amides is 1. The molecular formula is C25H27Cl2N3O6. The number of carbonyl (C=O) groups is 2. The Bertz CT molecular complexity index is 1250. The van der Waals surface area contributed by atoms with Crippen molar-refractivity contribution in [1.82, 2.24) is 9.97 Å². The third-order valence-electron chi connectivity index (χ3n) is 5.19. The molecule has 2 heterocycles. The first-order valence-electron chi connectivity index (χ1n) is 10.9. The van der Waals surface area contributed by atoms with Crippen LogP contribution < -0.4 is 15.2 Å². The van der Waals surface area contributed by atoms with Gasteiger partial charge in [-0.25, -0.2) is 9.78 Å². The minimum absolute atomic E-state index is 0.0285. The van der Waals surface area contributed by atoms with Crippen LogP contribution in [0.5, 0.6) is 11.5 Å². The number of ketones is 1. The third kappa shape index (κ3) is 6.47. The van der Waals surface area contributed by atoms with Crippen LogP contribution >= 0.6 is 23.2 Å². The normalized spacial score (nSPS) is 12.2. The van der Waals surface area contributed by atoms with Gasteiger partial charge >= 0.3 is 6.09 Å². The largest absolute Gasteiger partial charge is 0.493 e. The van der Waals surface area contributed by atoms with Crippen LogP contribution in [0.3, 0.4) is 0 Å². The monoisotopic (exact) mass is 535 g/mol. The van der Waals surface area contributed by atoms with Gasteiger partial charge in [0.25, 0.3) is 0 Å². The molecule has 9 nitrogen and oxygen atoms in total. The first-order chi connectivity index (χ1) is 16.9. The summed E-state index contributed by atoms with van der Waals surface area (Å²) in [6, 6.07) is 5.05. The number of benzene rings is 1. The smallest absolute Gasteiger partial charge is 0.405 e. The summed E-state index contributed by atoms with van der Waals surface area (Å²) >= 11 is 12.5. The van der Waals surface area contributed by atoms with Crippen LogP contribution in [0.25, 0.3) is 11.5 Å². The average Bonchev–Trinajstić information content (AvgIpc) is 3.25.